The Morgan fingerprint density at radius 3 is 2.38 bits per heavy atom. The summed E-state index contributed by atoms with van der Waals surface area (Å²) in [5.74, 6) is 0. The van der Waals surface area contributed by atoms with E-state index in [0.29, 0.717) is 10.7 Å². The summed E-state index contributed by atoms with van der Waals surface area (Å²) in [4.78, 5) is 0. The summed E-state index contributed by atoms with van der Waals surface area (Å²) in [6.45, 7) is 5.85. The van der Waals surface area contributed by atoms with Gasteiger partial charge in [-0.05, 0) is 6.07 Å². The zero-order valence-electron chi connectivity index (χ0n) is 7.93. The highest BCUT2D eigenvalue weighted by molar-refractivity contribution is 6.30. The zero-order chi connectivity index (χ0) is 10.2. The van der Waals surface area contributed by atoms with Gasteiger partial charge in [0.15, 0.2) is 5.49 Å². The Balaban J connectivity index is 3.46. The molecule has 0 aliphatic carbocycles. The Morgan fingerprint density at radius 2 is 1.92 bits per heavy atom. The van der Waals surface area contributed by atoms with E-state index >= 15 is 0 Å². The molecule has 4 heteroatoms. The number of pyridine rings is 1. The molecule has 0 spiro atoms. The molecule has 0 fully saturated rings. The molecule has 0 atom stereocenters. The lowest BCUT2D eigenvalue weighted by atomic mass is 9.91. The van der Waals surface area contributed by atoms with Crippen LogP contribution in [0.15, 0.2) is 12.1 Å². The van der Waals surface area contributed by atoms with Crippen LogP contribution < -0.4 is 5.49 Å². The first-order valence-corrected chi connectivity index (χ1v) is 4.37. The second kappa shape index (κ2) is 3.07. The van der Waals surface area contributed by atoms with Gasteiger partial charge in [0.1, 0.15) is 0 Å². The Bertz CT molecular complexity index is 376. The maximum absolute atomic E-state index is 9.53. The highest BCUT2D eigenvalue weighted by Crippen LogP contribution is 2.22. The van der Waals surface area contributed by atoms with Gasteiger partial charge in [0, 0.05) is 16.5 Å². The van der Waals surface area contributed by atoms with Crippen LogP contribution in [0.25, 0.3) is 0 Å². The van der Waals surface area contributed by atoms with E-state index in [2.05, 4.69) is 0 Å². The summed E-state index contributed by atoms with van der Waals surface area (Å²) in [7, 11) is 0. The largest absolute Gasteiger partial charge is 0.427 e. The smallest absolute Gasteiger partial charge is 0.162 e. The second-order valence-corrected chi connectivity index (χ2v) is 4.44. The van der Waals surface area contributed by atoms with E-state index in [4.69, 9.17) is 17.0 Å². The summed E-state index contributed by atoms with van der Waals surface area (Å²) in [5, 5.41) is 17.4. The molecule has 0 amide bonds. The fraction of sp³-hybridized carbons (Fsp3) is 0.444. The third-order valence-corrected chi connectivity index (χ3v) is 1.99. The molecule has 0 unspecified atom stereocenters. The van der Waals surface area contributed by atoms with E-state index in [1.165, 1.54) is 6.07 Å². The molecule has 0 saturated carbocycles. The van der Waals surface area contributed by atoms with Gasteiger partial charge in [-0.25, -0.2) is 0 Å². The number of nitrogens with zero attached hydrogens (tertiary/aromatic N) is 1. The van der Waals surface area contributed by atoms with Crippen molar-refractivity contribution in [3.63, 3.8) is 0 Å². The van der Waals surface area contributed by atoms with Crippen LogP contribution in [-0.2, 0) is 5.41 Å². The van der Waals surface area contributed by atoms with Crippen LogP contribution >= 0.6 is 11.6 Å². The number of hydrogen-bond acceptors (Lipinski definition) is 2. The summed E-state index contributed by atoms with van der Waals surface area (Å²) in [6, 6.07) is 3.07. The maximum atomic E-state index is 9.53. The van der Waals surface area contributed by atoms with Gasteiger partial charge in [-0.1, -0.05) is 32.4 Å². The molecular weight excluding hydrogens is 188 g/mol. The fourth-order valence-corrected chi connectivity index (χ4v) is 1.30. The number of rotatable bonds is 0. The van der Waals surface area contributed by atoms with Crippen molar-refractivity contribution >= 4 is 11.6 Å². The van der Waals surface area contributed by atoms with E-state index in [1.807, 2.05) is 20.8 Å². The van der Waals surface area contributed by atoms with E-state index < -0.39 is 0 Å². The number of hydrogen-bond donors (Lipinski definition) is 2. The lowest BCUT2D eigenvalue weighted by molar-refractivity contribution is 0.150. The monoisotopic (exact) mass is 200 g/mol. The molecular formula is C9H13ClN2O. The van der Waals surface area contributed by atoms with Gasteiger partial charge in [0.05, 0.1) is 5.69 Å². The average molecular weight is 201 g/mol. The van der Waals surface area contributed by atoms with Crippen LogP contribution in [0.5, 0.6) is 0 Å². The molecule has 0 saturated heterocycles. The third kappa shape index (κ3) is 2.04. The molecule has 0 bridgehead atoms. The summed E-state index contributed by atoms with van der Waals surface area (Å²) >= 11 is 5.78. The van der Waals surface area contributed by atoms with Crippen LogP contribution in [0, 0.1) is 5.41 Å². The van der Waals surface area contributed by atoms with Crippen molar-refractivity contribution in [2.24, 2.45) is 0 Å². The van der Waals surface area contributed by atoms with Gasteiger partial charge in [-0.15, -0.1) is 0 Å². The van der Waals surface area contributed by atoms with Crippen molar-refractivity contribution in [3.8, 4) is 0 Å². The van der Waals surface area contributed by atoms with Gasteiger partial charge in [0.25, 0.3) is 0 Å². The Hall–Kier alpha value is -0.960. The Labute approximate surface area is 82.1 Å². The first-order chi connectivity index (χ1) is 5.82. The topological polar surface area (TPSA) is 49.0 Å². The number of aromatic nitrogens is 1. The first kappa shape index (κ1) is 10.1. The molecule has 13 heavy (non-hydrogen) atoms. The van der Waals surface area contributed by atoms with Crippen LogP contribution in [-0.4, -0.2) is 9.94 Å². The molecule has 1 rings (SSSR count). The molecule has 1 aromatic rings. The molecule has 72 valence electrons. The minimum atomic E-state index is -0.227. The standard InChI is InChI=1S/C9H13ClN2O/c1-9(2,3)7-4-6(10)5-8(11)12(7)13/h4-5,11,13H,1-3H3. The average Bonchev–Trinajstić information content (AvgIpc) is 1.94. The van der Waals surface area contributed by atoms with E-state index in [0.717, 1.165) is 4.73 Å². The second-order valence-electron chi connectivity index (χ2n) is 4.01. The van der Waals surface area contributed by atoms with Gasteiger partial charge >= 0.3 is 0 Å². The molecule has 0 aliphatic rings. The molecule has 3 nitrogen and oxygen atoms in total. The van der Waals surface area contributed by atoms with Crippen LogP contribution in [0.4, 0.5) is 0 Å². The van der Waals surface area contributed by atoms with Crippen LogP contribution in [0.1, 0.15) is 26.5 Å². The van der Waals surface area contributed by atoms with Crippen molar-refractivity contribution in [2.45, 2.75) is 26.2 Å². The third-order valence-electron chi connectivity index (χ3n) is 1.77. The minimum absolute atomic E-state index is 0.00238. The molecule has 1 aromatic heterocycles. The molecule has 0 aromatic carbocycles. The first-order valence-electron chi connectivity index (χ1n) is 3.99. The van der Waals surface area contributed by atoms with Gasteiger partial charge in [0.2, 0.25) is 0 Å². The Morgan fingerprint density at radius 1 is 1.38 bits per heavy atom. The normalized spacial score (nSPS) is 11.7. The number of halogens is 1. The van der Waals surface area contributed by atoms with E-state index in [1.54, 1.807) is 6.07 Å². The number of nitrogens with one attached hydrogen (secondary N) is 1. The van der Waals surface area contributed by atoms with Crippen molar-refractivity contribution in [2.75, 3.05) is 0 Å². The van der Waals surface area contributed by atoms with E-state index in [-0.39, 0.29) is 10.9 Å². The predicted molar refractivity (Wildman–Crippen MR) is 51.2 cm³/mol. The summed E-state index contributed by atoms with van der Waals surface area (Å²) < 4.78 is 0.853. The maximum Gasteiger partial charge on any atom is 0.162 e. The van der Waals surface area contributed by atoms with Crippen molar-refractivity contribution < 1.29 is 5.21 Å². The zero-order valence-corrected chi connectivity index (χ0v) is 8.68. The molecule has 1 heterocycles. The Kier molecular flexibility index (Phi) is 2.39. The van der Waals surface area contributed by atoms with Crippen LogP contribution in [0.3, 0.4) is 0 Å². The van der Waals surface area contributed by atoms with E-state index in [9.17, 15) is 5.21 Å². The lowest BCUT2D eigenvalue weighted by Gasteiger charge is -2.21. The van der Waals surface area contributed by atoms with Crippen LogP contribution in [0.2, 0.25) is 5.02 Å². The molecule has 0 aliphatic heterocycles. The molecule has 2 N–H and O–H groups in total. The summed E-state index contributed by atoms with van der Waals surface area (Å²) in [6.07, 6.45) is 0. The van der Waals surface area contributed by atoms with Gasteiger partial charge < -0.3 is 5.21 Å². The summed E-state index contributed by atoms with van der Waals surface area (Å²) in [5.41, 5.74) is 0.401. The fourth-order valence-electron chi connectivity index (χ4n) is 1.09. The van der Waals surface area contributed by atoms with Gasteiger partial charge in [-0.2, -0.15) is 4.73 Å². The predicted octanol–water partition coefficient (Wildman–Crippen LogP) is 2.16. The molecule has 0 radical (unpaired) electrons. The van der Waals surface area contributed by atoms with Crippen molar-refractivity contribution in [1.29, 1.82) is 5.41 Å². The lowest BCUT2D eigenvalue weighted by Crippen LogP contribution is -2.27. The SMILES string of the molecule is CC(C)(C)c1cc(Cl)cc(=N)n1O. The highest BCUT2D eigenvalue weighted by atomic mass is 35.5. The minimum Gasteiger partial charge on any atom is -0.427 e. The van der Waals surface area contributed by atoms with Gasteiger partial charge in [-0.3, -0.25) is 5.41 Å². The van der Waals surface area contributed by atoms with Crippen molar-refractivity contribution in [1.82, 2.24) is 4.73 Å². The highest BCUT2D eigenvalue weighted by Gasteiger charge is 2.18. The van der Waals surface area contributed by atoms with Crippen molar-refractivity contribution in [3.05, 3.63) is 28.3 Å². The quantitative estimate of drug-likeness (QED) is 0.620.